The molecule has 0 bridgehead atoms. The normalized spacial score (nSPS) is 16.3. The van der Waals surface area contributed by atoms with E-state index in [1.807, 2.05) is 85.5 Å². The number of nitrogens with zero attached hydrogens (tertiary/aromatic N) is 5. The first kappa shape index (κ1) is 31.9. The van der Waals surface area contributed by atoms with Gasteiger partial charge >= 0.3 is 5.97 Å². The molecule has 2 aromatic heterocycles. The maximum atomic E-state index is 13.9. The first-order chi connectivity index (χ1) is 22.8. The molecule has 1 aliphatic rings. The molecule has 1 N–H and O–H groups in total. The van der Waals surface area contributed by atoms with Gasteiger partial charge in [0.25, 0.3) is 0 Å². The molecule has 10 nitrogen and oxygen atoms in total. The molecule has 0 radical (unpaired) electrons. The van der Waals surface area contributed by atoms with Crippen LogP contribution in [0.25, 0.3) is 28.1 Å². The second-order valence-corrected chi connectivity index (χ2v) is 12.0. The van der Waals surface area contributed by atoms with Gasteiger partial charge in [-0.3, -0.25) is 14.4 Å². The number of carbonyl (C=O) groups excluding carboxylic acids is 2. The molecule has 5 aromatic rings. The van der Waals surface area contributed by atoms with Gasteiger partial charge in [0, 0.05) is 57.5 Å². The molecule has 242 valence electrons. The highest BCUT2D eigenvalue weighted by molar-refractivity contribution is 5.91. The fourth-order valence-corrected chi connectivity index (χ4v) is 6.41. The van der Waals surface area contributed by atoms with E-state index >= 15 is 0 Å². The second kappa shape index (κ2) is 14.1. The third-order valence-electron chi connectivity index (χ3n) is 8.84. The molecular weight excluding hydrogens is 592 g/mol. The molecule has 0 spiro atoms. The van der Waals surface area contributed by atoms with Crippen LogP contribution in [0, 0.1) is 6.92 Å². The monoisotopic (exact) mass is 632 g/mol. The van der Waals surface area contributed by atoms with Gasteiger partial charge in [0.15, 0.2) is 0 Å². The van der Waals surface area contributed by atoms with Crippen LogP contribution in [-0.4, -0.2) is 82.8 Å². The summed E-state index contributed by atoms with van der Waals surface area (Å²) in [4.78, 5) is 28.4. The molecule has 1 fully saturated rings. The Hall–Kier alpha value is -5.06. The maximum absolute atomic E-state index is 13.9. The fourth-order valence-electron chi connectivity index (χ4n) is 6.41. The standard InChI is InChI=1S/C37H40N6O4/c1-25-34(43(31-14-6-5-7-15-31)40-36(25)30-21-38-41(2)22-30)20-35(44)39-33-24-42(16-17-46-3)23-32(33)28-12-8-10-26(18-28)27-11-9-13-29(19-27)37(45)47-4/h5-15,18-19,21-22,32-33H,16-17,20,23-24H2,1-4H3,(H,39,44)/t32-,33+/m0/s1. The average molecular weight is 633 g/mol. The van der Waals surface area contributed by atoms with E-state index in [1.165, 1.54) is 7.11 Å². The van der Waals surface area contributed by atoms with E-state index in [-0.39, 0.29) is 30.3 Å². The number of hydrogen-bond donors (Lipinski definition) is 1. The van der Waals surface area contributed by atoms with Gasteiger partial charge in [0.1, 0.15) is 0 Å². The molecule has 0 saturated carbocycles. The molecular formula is C37H40N6O4. The van der Waals surface area contributed by atoms with Crippen molar-refractivity contribution in [1.82, 2.24) is 29.8 Å². The van der Waals surface area contributed by atoms with Crippen molar-refractivity contribution in [3.63, 3.8) is 0 Å². The van der Waals surface area contributed by atoms with Crippen LogP contribution in [0.1, 0.15) is 33.1 Å². The van der Waals surface area contributed by atoms with Crippen molar-refractivity contribution in [2.24, 2.45) is 7.05 Å². The number of carbonyl (C=O) groups is 2. The van der Waals surface area contributed by atoms with Gasteiger partial charge in [-0.1, -0.05) is 54.6 Å². The summed E-state index contributed by atoms with van der Waals surface area (Å²) in [7, 11) is 4.97. The summed E-state index contributed by atoms with van der Waals surface area (Å²) < 4.78 is 13.9. The number of para-hydroxylation sites is 1. The molecule has 3 heterocycles. The van der Waals surface area contributed by atoms with E-state index in [9.17, 15) is 9.59 Å². The lowest BCUT2D eigenvalue weighted by molar-refractivity contribution is -0.121. The highest BCUT2D eigenvalue weighted by atomic mass is 16.5. The summed E-state index contributed by atoms with van der Waals surface area (Å²) in [6, 6.07) is 25.6. The number of hydrogen-bond acceptors (Lipinski definition) is 7. The van der Waals surface area contributed by atoms with Crippen molar-refractivity contribution < 1.29 is 19.1 Å². The van der Waals surface area contributed by atoms with Gasteiger partial charge in [0.2, 0.25) is 5.91 Å². The van der Waals surface area contributed by atoms with Crippen molar-refractivity contribution in [3.05, 3.63) is 114 Å². The lowest BCUT2D eigenvalue weighted by Crippen LogP contribution is -2.41. The van der Waals surface area contributed by atoms with E-state index in [0.717, 1.165) is 58.0 Å². The zero-order chi connectivity index (χ0) is 32.9. The Balaban J connectivity index is 1.28. The van der Waals surface area contributed by atoms with Crippen molar-refractivity contribution in [3.8, 4) is 28.1 Å². The van der Waals surface area contributed by atoms with E-state index in [2.05, 4.69) is 27.4 Å². The minimum absolute atomic E-state index is 0.0608. The first-order valence-corrected chi connectivity index (χ1v) is 15.8. The Morgan fingerprint density at radius 2 is 1.70 bits per heavy atom. The Labute approximate surface area is 274 Å². The van der Waals surface area contributed by atoms with Crippen LogP contribution in [0.4, 0.5) is 0 Å². The summed E-state index contributed by atoms with van der Waals surface area (Å²) in [5, 5.41) is 12.7. The predicted molar refractivity (Wildman–Crippen MR) is 180 cm³/mol. The van der Waals surface area contributed by atoms with Crippen LogP contribution in [0.15, 0.2) is 91.3 Å². The summed E-state index contributed by atoms with van der Waals surface area (Å²) in [5.41, 5.74) is 7.95. The van der Waals surface area contributed by atoms with Crippen LogP contribution in [-0.2, 0) is 27.7 Å². The number of likely N-dealkylation sites (tertiary alicyclic amines) is 1. The third kappa shape index (κ3) is 7.03. The SMILES string of the molecule is COCCN1C[C@@H](NC(=O)Cc2c(C)c(-c3cnn(C)c3)nn2-c2ccccc2)[C@H](c2cccc(-c3cccc(C(=O)OC)c3)c2)C1. The molecule has 0 aliphatic carbocycles. The molecule has 2 atom stereocenters. The molecule has 3 aromatic carbocycles. The van der Waals surface area contributed by atoms with E-state index in [4.69, 9.17) is 14.6 Å². The Kier molecular flexibility index (Phi) is 9.60. The van der Waals surface area contributed by atoms with Crippen LogP contribution in [0.5, 0.6) is 0 Å². The number of nitrogens with one attached hydrogen (secondary N) is 1. The highest BCUT2D eigenvalue weighted by Gasteiger charge is 2.35. The minimum Gasteiger partial charge on any atom is -0.465 e. The summed E-state index contributed by atoms with van der Waals surface area (Å²) in [6.07, 6.45) is 3.91. The van der Waals surface area contributed by atoms with Crippen molar-refractivity contribution in [2.75, 3.05) is 40.5 Å². The van der Waals surface area contributed by atoms with Crippen LogP contribution in [0.2, 0.25) is 0 Å². The molecule has 6 rings (SSSR count). The fraction of sp³-hybridized carbons (Fsp3) is 0.297. The quantitative estimate of drug-likeness (QED) is 0.209. The van der Waals surface area contributed by atoms with E-state index in [0.29, 0.717) is 18.7 Å². The van der Waals surface area contributed by atoms with Gasteiger partial charge in [-0.15, -0.1) is 0 Å². The predicted octanol–water partition coefficient (Wildman–Crippen LogP) is 4.81. The number of ether oxygens (including phenoxy) is 2. The largest absolute Gasteiger partial charge is 0.465 e. The first-order valence-electron chi connectivity index (χ1n) is 15.8. The number of amides is 1. The Morgan fingerprint density at radius 1 is 0.936 bits per heavy atom. The number of rotatable bonds is 11. The number of methoxy groups -OCH3 is 2. The van der Waals surface area contributed by atoms with Gasteiger partial charge in [-0.05, 0) is 53.4 Å². The molecule has 1 aliphatic heterocycles. The topological polar surface area (TPSA) is 104 Å². The van der Waals surface area contributed by atoms with Crippen molar-refractivity contribution >= 4 is 11.9 Å². The Bertz CT molecular complexity index is 1860. The molecule has 1 saturated heterocycles. The zero-order valence-electron chi connectivity index (χ0n) is 27.2. The van der Waals surface area contributed by atoms with Crippen LogP contribution >= 0.6 is 0 Å². The van der Waals surface area contributed by atoms with Gasteiger partial charge in [-0.25, -0.2) is 9.48 Å². The van der Waals surface area contributed by atoms with E-state index in [1.54, 1.807) is 24.1 Å². The molecule has 47 heavy (non-hydrogen) atoms. The molecule has 1 amide bonds. The van der Waals surface area contributed by atoms with Gasteiger partial charge < -0.3 is 14.8 Å². The molecule has 0 unspecified atom stereocenters. The number of benzene rings is 3. The second-order valence-electron chi connectivity index (χ2n) is 12.0. The highest BCUT2D eigenvalue weighted by Crippen LogP contribution is 2.32. The van der Waals surface area contributed by atoms with Gasteiger partial charge in [0.05, 0.1) is 49.0 Å². The zero-order valence-corrected chi connectivity index (χ0v) is 27.2. The summed E-state index contributed by atoms with van der Waals surface area (Å²) in [5.74, 6) is -0.370. The smallest absolute Gasteiger partial charge is 0.337 e. The third-order valence-corrected chi connectivity index (χ3v) is 8.84. The average Bonchev–Trinajstić information content (AvgIpc) is 3.80. The summed E-state index contributed by atoms with van der Waals surface area (Å²) in [6.45, 7) is 4.89. The van der Waals surface area contributed by atoms with Crippen LogP contribution in [0.3, 0.4) is 0 Å². The lowest BCUT2D eigenvalue weighted by Gasteiger charge is -2.21. The molecule has 10 heteroatoms. The number of aryl methyl sites for hydroxylation is 1. The van der Waals surface area contributed by atoms with Crippen LogP contribution < -0.4 is 5.32 Å². The van der Waals surface area contributed by atoms with Gasteiger partial charge in [-0.2, -0.15) is 10.2 Å². The Morgan fingerprint density at radius 3 is 2.43 bits per heavy atom. The minimum atomic E-state index is -0.369. The van der Waals surface area contributed by atoms with Crippen molar-refractivity contribution in [2.45, 2.75) is 25.3 Å². The summed E-state index contributed by atoms with van der Waals surface area (Å²) >= 11 is 0. The lowest BCUT2D eigenvalue weighted by atomic mass is 9.91. The maximum Gasteiger partial charge on any atom is 0.337 e. The van der Waals surface area contributed by atoms with E-state index < -0.39 is 0 Å². The van der Waals surface area contributed by atoms with Crippen molar-refractivity contribution in [1.29, 1.82) is 0 Å². The number of aromatic nitrogens is 4. The number of esters is 1.